The summed E-state index contributed by atoms with van der Waals surface area (Å²) in [7, 11) is 3.79. The molecule has 0 fully saturated rings. The van der Waals surface area contributed by atoms with Crippen LogP contribution in [0.5, 0.6) is 5.75 Å². The van der Waals surface area contributed by atoms with Crippen molar-refractivity contribution in [2.45, 2.75) is 69.1 Å². The average molecular weight is 425 g/mol. The number of carboxylic acids is 2. The number of hydrogen-bond acceptors (Lipinski definition) is 6. The van der Waals surface area contributed by atoms with Crippen molar-refractivity contribution in [2.24, 2.45) is 0 Å². The van der Waals surface area contributed by atoms with Crippen LogP contribution in [0.3, 0.4) is 0 Å². The molecule has 0 unspecified atom stereocenters. The zero-order valence-electron chi connectivity index (χ0n) is 17.4. The van der Waals surface area contributed by atoms with Gasteiger partial charge in [-0.05, 0) is 31.2 Å². The summed E-state index contributed by atoms with van der Waals surface area (Å²) >= 11 is 1.85. The fourth-order valence-corrected chi connectivity index (χ4v) is 4.90. The molecule has 162 valence electrons. The normalized spacial score (nSPS) is 17.0. The third-order valence-corrected chi connectivity index (χ3v) is 6.49. The molecule has 1 aromatic rings. The maximum Gasteiger partial charge on any atom is 0.304 e. The Morgan fingerprint density at radius 2 is 2.00 bits per heavy atom. The van der Waals surface area contributed by atoms with Gasteiger partial charge in [-0.3, -0.25) is 14.5 Å². The Bertz CT molecular complexity index is 697. The van der Waals surface area contributed by atoms with Gasteiger partial charge in [0.25, 0.3) is 0 Å². The number of carboxylic acid groups (broad SMARTS) is 2. The van der Waals surface area contributed by atoms with Gasteiger partial charge in [0.2, 0.25) is 0 Å². The highest BCUT2D eigenvalue weighted by atomic mass is 32.2. The molecule has 0 aromatic heterocycles. The first-order valence-corrected chi connectivity index (χ1v) is 11.0. The molecular formula is C21H32N2O5S. The topological polar surface area (TPSA) is 99.1 Å². The van der Waals surface area contributed by atoms with Crippen molar-refractivity contribution < 1.29 is 24.5 Å². The van der Waals surface area contributed by atoms with Crippen molar-refractivity contribution in [2.75, 3.05) is 19.9 Å². The molecule has 0 aliphatic carbocycles. The van der Waals surface area contributed by atoms with Crippen LogP contribution in [0.25, 0.3) is 0 Å². The molecular weight excluding hydrogens is 392 g/mol. The standard InChI is InChI=1S/C21H32N2O5S/c1-4-5-6-17-13-29-19-8-14(18(28-3)7-15(19)12-23(17)2)11-22-16(9-20(24)25)10-21(26)27/h7-8,16-17,22H,4-6,9-13H2,1-3H3,(H,24,25)(H,26,27)/t17-/m1/s1. The molecule has 1 aromatic carbocycles. The summed E-state index contributed by atoms with van der Waals surface area (Å²) in [6, 6.07) is 4.06. The van der Waals surface area contributed by atoms with Crippen LogP contribution in [-0.2, 0) is 22.7 Å². The number of rotatable bonds is 11. The summed E-state index contributed by atoms with van der Waals surface area (Å²) in [4.78, 5) is 25.7. The predicted molar refractivity (Wildman–Crippen MR) is 114 cm³/mol. The van der Waals surface area contributed by atoms with Crippen LogP contribution in [0.1, 0.15) is 50.2 Å². The first kappa shape index (κ1) is 23.5. The number of hydrogen-bond donors (Lipinski definition) is 3. The van der Waals surface area contributed by atoms with Crippen LogP contribution in [0.2, 0.25) is 0 Å². The van der Waals surface area contributed by atoms with Crippen LogP contribution in [0, 0.1) is 0 Å². The highest BCUT2D eigenvalue weighted by Crippen LogP contribution is 2.35. The number of unbranched alkanes of at least 4 members (excludes halogenated alkanes) is 1. The highest BCUT2D eigenvalue weighted by Gasteiger charge is 2.23. The van der Waals surface area contributed by atoms with E-state index in [0.29, 0.717) is 12.6 Å². The first-order valence-electron chi connectivity index (χ1n) is 10.0. The Morgan fingerprint density at radius 1 is 1.31 bits per heavy atom. The van der Waals surface area contributed by atoms with E-state index in [2.05, 4.69) is 36.3 Å². The number of fused-ring (bicyclic) bond motifs is 1. The summed E-state index contributed by atoms with van der Waals surface area (Å²) in [6.45, 7) is 3.43. The minimum Gasteiger partial charge on any atom is -0.496 e. The van der Waals surface area contributed by atoms with Gasteiger partial charge >= 0.3 is 11.9 Å². The van der Waals surface area contributed by atoms with E-state index in [4.69, 9.17) is 14.9 Å². The second-order valence-corrected chi connectivity index (χ2v) is 8.63. The molecule has 0 spiro atoms. The maximum absolute atomic E-state index is 11.0. The van der Waals surface area contributed by atoms with Gasteiger partial charge in [-0.25, -0.2) is 0 Å². The monoisotopic (exact) mass is 424 g/mol. The Balaban J connectivity index is 2.15. The molecule has 2 rings (SSSR count). The van der Waals surface area contributed by atoms with E-state index in [0.717, 1.165) is 23.6 Å². The maximum atomic E-state index is 11.0. The van der Waals surface area contributed by atoms with Crippen molar-refractivity contribution in [3.05, 3.63) is 23.3 Å². The molecule has 0 amide bonds. The Hall–Kier alpha value is -1.77. The highest BCUT2D eigenvalue weighted by molar-refractivity contribution is 7.99. The molecule has 0 saturated heterocycles. The van der Waals surface area contributed by atoms with Gasteiger partial charge < -0.3 is 20.3 Å². The van der Waals surface area contributed by atoms with E-state index in [1.54, 1.807) is 7.11 Å². The van der Waals surface area contributed by atoms with E-state index < -0.39 is 18.0 Å². The summed E-state index contributed by atoms with van der Waals surface area (Å²) in [5, 5.41) is 21.1. The Kier molecular flexibility index (Phi) is 9.26. The third kappa shape index (κ3) is 7.21. The molecule has 29 heavy (non-hydrogen) atoms. The first-order chi connectivity index (χ1) is 13.8. The molecule has 3 N–H and O–H groups in total. The lowest BCUT2D eigenvalue weighted by molar-refractivity contribution is -0.139. The SMILES string of the molecule is CCCC[C@@H]1CSc2cc(CNC(CC(=O)O)CC(=O)O)c(OC)cc2CN1C. The number of carbonyl (C=O) groups is 2. The number of ether oxygens (including phenoxy) is 1. The molecule has 7 nitrogen and oxygen atoms in total. The summed E-state index contributed by atoms with van der Waals surface area (Å²) in [5.74, 6) is -0.269. The summed E-state index contributed by atoms with van der Waals surface area (Å²) in [6.07, 6.45) is 3.13. The second kappa shape index (κ2) is 11.4. The van der Waals surface area contributed by atoms with E-state index in [1.807, 2.05) is 11.8 Å². The van der Waals surface area contributed by atoms with Gasteiger partial charge in [0.15, 0.2) is 0 Å². The lowest BCUT2D eigenvalue weighted by Gasteiger charge is -2.25. The zero-order valence-corrected chi connectivity index (χ0v) is 18.3. The lowest BCUT2D eigenvalue weighted by Crippen LogP contribution is -2.33. The Morgan fingerprint density at radius 3 is 2.59 bits per heavy atom. The van der Waals surface area contributed by atoms with Crippen LogP contribution < -0.4 is 10.1 Å². The number of benzene rings is 1. The molecule has 1 aliphatic heterocycles. The summed E-state index contributed by atoms with van der Waals surface area (Å²) in [5.41, 5.74) is 2.14. The van der Waals surface area contributed by atoms with Gasteiger partial charge in [0.05, 0.1) is 20.0 Å². The van der Waals surface area contributed by atoms with Crippen molar-refractivity contribution in [3.8, 4) is 5.75 Å². The molecule has 0 radical (unpaired) electrons. The zero-order chi connectivity index (χ0) is 21.4. The minimum atomic E-state index is -1.02. The van der Waals surface area contributed by atoms with Crippen molar-refractivity contribution in [3.63, 3.8) is 0 Å². The molecule has 1 atom stereocenters. The van der Waals surface area contributed by atoms with Gasteiger partial charge in [-0.2, -0.15) is 0 Å². The van der Waals surface area contributed by atoms with Crippen LogP contribution in [0.4, 0.5) is 0 Å². The van der Waals surface area contributed by atoms with E-state index in [1.165, 1.54) is 29.7 Å². The van der Waals surface area contributed by atoms with E-state index in [-0.39, 0.29) is 12.8 Å². The van der Waals surface area contributed by atoms with Crippen molar-refractivity contribution in [1.29, 1.82) is 0 Å². The smallest absolute Gasteiger partial charge is 0.304 e. The second-order valence-electron chi connectivity index (χ2n) is 7.57. The van der Waals surface area contributed by atoms with Crippen LogP contribution in [0.15, 0.2) is 17.0 Å². The van der Waals surface area contributed by atoms with Crippen molar-refractivity contribution >= 4 is 23.7 Å². The quantitative estimate of drug-likeness (QED) is 0.498. The summed E-state index contributed by atoms with van der Waals surface area (Å²) < 4.78 is 5.57. The number of nitrogens with zero attached hydrogens (tertiary/aromatic N) is 1. The van der Waals surface area contributed by atoms with Gasteiger partial charge in [0, 0.05) is 41.4 Å². The molecule has 0 saturated carbocycles. The third-order valence-electron chi connectivity index (χ3n) is 5.25. The average Bonchev–Trinajstić information content (AvgIpc) is 2.80. The van der Waals surface area contributed by atoms with E-state index in [9.17, 15) is 9.59 Å². The van der Waals surface area contributed by atoms with Gasteiger partial charge in [0.1, 0.15) is 5.75 Å². The lowest BCUT2D eigenvalue weighted by atomic mass is 10.1. The minimum absolute atomic E-state index is 0.238. The number of thioether (sulfide) groups is 1. The fourth-order valence-electron chi connectivity index (χ4n) is 3.58. The molecule has 8 heteroatoms. The van der Waals surface area contributed by atoms with Crippen LogP contribution in [-0.4, -0.2) is 59.0 Å². The number of methoxy groups -OCH3 is 1. The predicted octanol–water partition coefficient (Wildman–Crippen LogP) is 3.20. The molecule has 0 bridgehead atoms. The molecule has 1 aliphatic rings. The largest absolute Gasteiger partial charge is 0.496 e. The molecule has 1 heterocycles. The number of aliphatic carboxylic acids is 2. The van der Waals surface area contributed by atoms with Crippen molar-refractivity contribution in [1.82, 2.24) is 10.2 Å². The Labute approximate surface area is 176 Å². The fraction of sp³-hybridized carbons (Fsp3) is 0.619. The van der Waals surface area contributed by atoms with E-state index >= 15 is 0 Å². The van der Waals surface area contributed by atoms with Gasteiger partial charge in [-0.1, -0.05) is 19.8 Å². The number of nitrogens with one attached hydrogen (secondary N) is 1. The van der Waals surface area contributed by atoms with Crippen LogP contribution >= 0.6 is 11.8 Å². The van der Waals surface area contributed by atoms with Gasteiger partial charge in [-0.15, -0.1) is 11.8 Å².